The van der Waals surface area contributed by atoms with Crippen molar-refractivity contribution in [2.45, 2.75) is 32.2 Å². The second-order valence-electron chi connectivity index (χ2n) is 6.44. The van der Waals surface area contributed by atoms with E-state index in [1.807, 2.05) is 12.1 Å². The second-order valence-corrected chi connectivity index (χ2v) is 6.85. The topological polar surface area (TPSA) is 3.24 Å². The van der Waals surface area contributed by atoms with Crippen LogP contribution in [0.5, 0.6) is 0 Å². The molecule has 0 radical (unpaired) electrons. The lowest BCUT2D eigenvalue weighted by atomic mass is 9.92. The van der Waals surface area contributed by atoms with Crippen molar-refractivity contribution in [1.82, 2.24) is 4.90 Å². The highest BCUT2D eigenvalue weighted by Gasteiger charge is 2.25. The van der Waals surface area contributed by atoms with Gasteiger partial charge in [-0.05, 0) is 55.5 Å². The average Bonchev–Trinajstić information content (AvgIpc) is 2.56. The number of piperidine rings is 1. The van der Waals surface area contributed by atoms with Crippen molar-refractivity contribution in [1.29, 1.82) is 0 Å². The summed E-state index contributed by atoms with van der Waals surface area (Å²) in [6, 6.07) is 19.5. The predicted molar refractivity (Wildman–Crippen MR) is 94.3 cm³/mol. The van der Waals surface area contributed by atoms with Gasteiger partial charge in [0.15, 0.2) is 0 Å². The molecule has 1 nitrogen and oxygen atoms in total. The Kier molecular flexibility index (Phi) is 5.17. The maximum Gasteiger partial charge on any atom is 0.0438 e. The largest absolute Gasteiger partial charge is 0.296 e. The zero-order valence-corrected chi connectivity index (χ0v) is 14.0. The summed E-state index contributed by atoms with van der Waals surface area (Å²) in [6.07, 6.45) is 3.58. The standard InChI is InChI=1S/C20H24ClN/c1-16-11-13-22(14-12-16)20(17-7-3-2-4-8-17)15-18-9-5-6-10-19(18)21/h2-10,16,20H,11-15H2,1H3/t20-/m1/s1. The number of rotatable bonds is 4. The van der Waals surface area contributed by atoms with E-state index in [1.54, 1.807) is 0 Å². The number of nitrogens with zero attached hydrogens (tertiary/aromatic N) is 1. The lowest BCUT2D eigenvalue weighted by Crippen LogP contribution is -2.37. The molecule has 116 valence electrons. The molecule has 1 fully saturated rings. The number of hydrogen-bond donors (Lipinski definition) is 0. The van der Waals surface area contributed by atoms with E-state index in [0.717, 1.165) is 17.4 Å². The van der Waals surface area contributed by atoms with Gasteiger partial charge in [-0.2, -0.15) is 0 Å². The quantitative estimate of drug-likeness (QED) is 0.735. The summed E-state index contributed by atoms with van der Waals surface area (Å²) in [5, 5.41) is 0.883. The van der Waals surface area contributed by atoms with Crippen LogP contribution in [0.2, 0.25) is 5.02 Å². The molecule has 0 saturated carbocycles. The normalized spacial score (nSPS) is 18.3. The zero-order chi connectivity index (χ0) is 15.4. The Hall–Kier alpha value is -1.31. The van der Waals surface area contributed by atoms with Gasteiger partial charge in [0.2, 0.25) is 0 Å². The van der Waals surface area contributed by atoms with Crippen LogP contribution in [0.4, 0.5) is 0 Å². The minimum Gasteiger partial charge on any atom is -0.296 e. The molecule has 2 aromatic carbocycles. The van der Waals surface area contributed by atoms with Crippen molar-refractivity contribution >= 4 is 11.6 Å². The molecule has 2 heteroatoms. The van der Waals surface area contributed by atoms with Crippen LogP contribution in [0.3, 0.4) is 0 Å². The Morgan fingerprint density at radius 1 is 1.00 bits per heavy atom. The summed E-state index contributed by atoms with van der Waals surface area (Å²) in [4.78, 5) is 2.64. The first-order valence-electron chi connectivity index (χ1n) is 8.26. The molecular formula is C20H24ClN. The molecule has 1 aliphatic heterocycles. The van der Waals surface area contributed by atoms with Gasteiger partial charge in [-0.1, -0.05) is 67.1 Å². The van der Waals surface area contributed by atoms with Crippen molar-refractivity contribution in [3.05, 3.63) is 70.7 Å². The molecule has 0 amide bonds. The third kappa shape index (κ3) is 3.71. The molecule has 22 heavy (non-hydrogen) atoms. The Labute approximate surface area is 138 Å². The van der Waals surface area contributed by atoms with Crippen LogP contribution in [-0.2, 0) is 6.42 Å². The number of likely N-dealkylation sites (tertiary alicyclic amines) is 1. The molecular weight excluding hydrogens is 290 g/mol. The molecule has 0 spiro atoms. The zero-order valence-electron chi connectivity index (χ0n) is 13.2. The van der Waals surface area contributed by atoms with Crippen LogP contribution in [0.1, 0.15) is 36.9 Å². The maximum absolute atomic E-state index is 6.40. The van der Waals surface area contributed by atoms with Gasteiger partial charge in [0.05, 0.1) is 0 Å². The first kappa shape index (κ1) is 15.6. The van der Waals surface area contributed by atoms with E-state index < -0.39 is 0 Å². The molecule has 1 atom stereocenters. The van der Waals surface area contributed by atoms with E-state index >= 15 is 0 Å². The van der Waals surface area contributed by atoms with Gasteiger partial charge < -0.3 is 0 Å². The molecule has 1 saturated heterocycles. The van der Waals surface area contributed by atoms with E-state index in [0.29, 0.717) is 6.04 Å². The number of hydrogen-bond acceptors (Lipinski definition) is 1. The smallest absolute Gasteiger partial charge is 0.0438 e. The summed E-state index contributed by atoms with van der Waals surface area (Å²) in [6.45, 7) is 4.74. The highest BCUT2D eigenvalue weighted by atomic mass is 35.5. The van der Waals surface area contributed by atoms with Crippen LogP contribution in [0.25, 0.3) is 0 Å². The molecule has 2 aromatic rings. The van der Waals surface area contributed by atoms with Crippen LogP contribution in [0.15, 0.2) is 54.6 Å². The van der Waals surface area contributed by atoms with Gasteiger partial charge in [-0.3, -0.25) is 4.90 Å². The second kappa shape index (κ2) is 7.30. The highest BCUT2D eigenvalue weighted by molar-refractivity contribution is 6.31. The van der Waals surface area contributed by atoms with Gasteiger partial charge in [-0.25, -0.2) is 0 Å². The number of benzene rings is 2. The van der Waals surface area contributed by atoms with Crippen LogP contribution in [-0.4, -0.2) is 18.0 Å². The minimum atomic E-state index is 0.425. The Bertz CT molecular complexity index is 588. The summed E-state index contributed by atoms with van der Waals surface area (Å²) < 4.78 is 0. The van der Waals surface area contributed by atoms with Crippen molar-refractivity contribution in [2.75, 3.05) is 13.1 Å². The van der Waals surface area contributed by atoms with Gasteiger partial charge in [0.1, 0.15) is 0 Å². The van der Waals surface area contributed by atoms with Crippen molar-refractivity contribution < 1.29 is 0 Å². The van der Waals surface area contributed by atoms with E-state index in [1.165, 1.54) is 37.1 Å². The molecule has 0 aliphatic carbocycles. The first-order valence-corrected chi connectivity index (χ1v) is 8.64. The lowest BCUT2D eigenvalue weighted by molar-refractivity contribution is 0.137. The SMILES string of the molecule is CC1CCN([C@H](Cc2ccccc2Cl)c2ccccc2)CC1. The fraction of sp³-hybridized carbons (Fsp3) is 0.400. The van der Waals surface area contributed by atoms with Gasteiger partial charge >= 0.3 is 0 Å². The van der Waals surface area contributed by atoms with Crippen molar-refractivity contribution in [3.8, 4) is 0 Å². The Morgan fingerprint density at radius 3 is 2.32 bits per heavy atom. The predicted octanol–water partition coefficient (Wildman–Crippen LogP) is 5.36. The van der Waals surface area contributed by atoms with E-state index in [2.05, 4.69) is 54.3 Å². The molecule has 0 unspecified atom stereocenters. The fourth-order valence-electron chi connectivity index (χ4n) is 3.35. The summed E-state index contributed by atoms with van der Waals surface area (Å²) >= 11 is 6.40. The first-order chi connectivity index (χ1) is 10.7. The van der Waals surface area contributed by atoms with Crippen LogP contribution < -0.4 is 0 Å². The number of halogens is 1. The summed E-state index contributed by atoms with van der Waals surface area (Å²) in [5.74, 6) is 0.855. The minimum absolute atomic E-state index is 0.425. The molecule has 0 aromatic heterocycles. The van der Waals surface area contributed by atoms with Gasteiger partial charge in [0, 0.05) is 11.1 Å². The van der Waals surface area contributed by atoms with E-state index in [4.69, 9.17) is 11.6 Å². The van der Waals surface area contributed by atoms with E-state index in [9.17, 15) is 0 Å². The molecule has 3 rings (SSSR count). The van der Waals surface area contributed by atoms with Gasteiger partial charge in [-0.15, -0.1) is 0 Å². The molecule has 1 heterocycles. The summed E-state index contributed by atoms with van der Waals surface area (Å²) in [5.41, 5.74) is 2.65. The van der Waals surface area contributed by atoms with E-state index in [-0.39, 0.29) is 0 Å². The molecule has 0 bridgehead atoms. The van der Waals surface area contributed by atoms with Crippen molar-refractivity contribution in [3.63, 3.8) is 0 Å². The fourth-order valence-corrected chi connectivity index (χ4v) is 3.56. The van der Waals surface area contributed by atoms with Gasteiger partial charge in [0.25, 0.3) is 0 Å². The van der Waals surface area contributed by atoms with Crippen LogP contribution in [0, 0.1) is 5.92 Å². The highest BCUT2D eigenvalue weighted by Crippen LogP contribution is 2.31. The summed E-state index contributed by atoms with van der Waals surface area (Å²) in [7, 11) is 0. The molecule has 0 N–H and O–H groups in total. The average molecular weight is 314 g/mol. The third-order valence-electron chi connectivity index (χ3n) is 4.81. The maximum atomic E-state index is 6.40. The van der Waals surface area contributed by atoms with Crippen LogP contribution >= 0.6 is 11.6 Å². The monoisotopic (exact) mass is 313 g/mol. The molecule has 1 aliphatic rings. The van der Waals surface area contributed by atoms with Crippen molar-refractivity contribution in [2.24, 2.45) is 5.92 Å². The third-order valence-corrected chi connectivity index (χ3v) is 5.18. The Balaban J connectivity index is 1.85. The Morgan fingerprint density at radius 2 is 1.64 bits per heavy atom. The lowest BCUT2D eigenvalue weighted by Gasteiger charge is -2.37.